The number of hydrogen-bond donors (Lipinski definition) is 1. The van der Waals surface area contributed by atoms with Crippen LogP contribution in [0.3, 0.4) is 0 Å². The van der Waals surface area contributed by atoms with Crippen LogP contribution in [-0.4, -0.2) is 28.5 Å². The molecule has 0 bridgehead atoms. The number of nitrogens with zero attached hydrogens (tertiary/aromatic N) is 3. The smallest absolute Gasteiger partial charge is 0.231 e. The number of para-hydroxylation sites is 1. The van der Waals surface area contributed by atoms with Crippen LogP contribution < -0.4 is 10.2 Å². The lowest BCUT2D eigenvalue weighted by Crippen LogP contribution is -2.28. The first-order valence-electron chi connectivity index (χ1n) is 10.4. The zero-order valence-corrected chi connectivity index (χ0v) is 19.0. The Kier molecular flexibility index (Phi) is 5.93. The van der Waals surface area contributed by atoms with Crippen LogP contribution in [0.4, 0.5) is 11.4 Å². The van der Waals surface area contributed by atoms with Crippen LogP contribution in [0.1, 0.15) is 17.9 Å². The van der Waals surface area contributed by atoms with E-state index < -0.39 is 5.92 Å². The normalized spacial score (nSPS) is 15.7. The summed E-state index contributed by atoms with van der Waals surface area (Å²) in [4.78, 5) is 32.5. The van der Waals surface area contributed by atoms with E-state index in [-0.39, 0.29) is 18.2 Å². The zero-order chi connectivity index (χ0) is 22.8. The molecule has 7 nitrogen and oxygen atoms in total. The maximum Gasteiger partial charge on any atom is 0.231 e. The fourth-order valence-electron chi connectivity index (χ4n) is 3.78. The molecule has 33 heavy (non-hydrogen) atoms. The van der Waals surface area contributed by atoms with Gasteiger partial charge in [0.15, 0.2) is 0 Å². The lowest BCUT2D eigenvalue weighted by molar-refractivity contribution is -0.122. The average Bonchev–Trinajstić information content (AvgIpc) is 3.57. The summed E-state index contributed by atoms with van der Waals surface area (Å²) in [6, 6.07) is 18.4. The van der Waals surface area contributed by atoms with Gasteiger partial charge in [-0.1, -0.05) is 41.0 Å². The highest BCUT2D eigenvalue weighted by molar-refractivity contribution is 7.13. The van der Waals surface area contributed by atoms with Gasteiger partial charge in [-0.05, 0) is 47.3 Å². The van der Waals surface area contributed by atoms with Crippen molar-refractivity contribution in [2.24, 2.45) is 5.92 Å². The number of carbonyl (C=O) groups is 2. The van der Waals surface area contributed by atoms with Gasteiger partial charge in [0.1, 0.15) is 0 Å². The van der Waals surface area contributed by atoms with Gasteiger partial charge in [0.2, 0.25) is 23.5 Å². The molecule has 1 N–H and O–H groups in total. The number of carbonyl (C=O) groups excluding carboxylic acids is 2. The summed E-state index contributed by atoms with van der Waals surface area (Å²) < 4.78 is 5.41. The molecule has 1 aliphatic rings. The Bertz CT molecular complexity index is 1290. The fourth-order valence-corrected chi connectivity index (χ4v) is 4.56. The van der Waals surface area contributed by atoms with E-state index in [0.717, 1.165) is 16.1 Å². The third kappa shape index (κ3) is 4.67. The largest absolute Gasteiger partial charge is 0.339 e. The lowest BCUT2D eigenvalue weighted by atomic mass is 10.1. The number of rotatable bonds is 6. The number of hydrogen-bond acceptors (Lipinski definition) is 6. The third-order valence-corrected chi connectivity index (χ3v) is 6.58. The average molecular weight is 479 g/mol. The second-order valence-electron chi connectivity index (χ2n) is 7.69. The SMILES string of the molecule is O=C(Nc1ccccc1Cc1nc(-c2cccs2)no1)C1CC(=O)N(c2ccc(Cl)cc2)C1. The Labute approximate surface area is 199 Å². The van der Waals surface area contributed by atoms with Crippen LogP contribution in [0, 0.1) is 5.92 Å². The minimum absolute atomic E-state index is 0.0854. The predicted molar refractivity (Wildman–Crippen MR) is 127 cm³/mol. The van der Waals surface area contributed by atoms with E-state index in [9.17, 15) is 9.59 Å². The molecule has 1 aliphatic heterocycles. The molecular weight excluding hydrogens is 460 g/mol. The molecule has 0 aliphatic carbocycles. The van der Waals surface area contributed by atoms with E-state index in [2.05, 4.69) is 15.5 Å². The highest BCUT2D eigenvalue weighted by atomic mass is 35.5. The molecule has 1 saturated heterocycles. The molecule has 2 aromatic heterocycles. The number of halogens is 1. The van der Waals surface area contributed by atoms with E-state index in [4.69, 9.17) is 16.1 Å². The number of thiophene rings is 1. The first-order valence-corrected chi connectivity index (χ1v) is 11.6. The zero-order valence-electron chi connectivity index (χ0n) is 17.4. The van der Waals surface area contributed by atoms with Gasteiger partial charge in [0.25, 0.3) is 0 Å². The second kappa shape index (κ2) is 9.17. The van der Waals surface area contributed by atoms with Crippen molar-refractivity contribution in [3.63, 3.8) is 0 Å². The molecule has 2 aromatic carbocycles. The Morgan fingerprint density at radius 1 is 1.15 bits per heavy atom. The van der Waals surface area contributed by atoms with Crippen molar-refractivity contribution in [3.8, 4) is 10.7 Å². The van der Waals surface area contributed by atoms with Crippen LogP contribution in [-0.2, 0) is 16.0 Å². The van der Waals surface area contributed by atoms with Gasteiger partial charge in [0, 0.05) is 29.4 Å². The van der Waals surface area contributed by atoms with Gasteiger partial charge in [-0.15, -0.1) is 11.3 Å². The summed E-state index contributed by atoms with van der Waals surface area (Å²) in [7, 11) is 0. The van der Waals surface area contributed by atoms with Gasteiger partial charge in [0.05, 0.1) is 17.2 Å². The Morgan fingerprint density at radius 2 is 1.97 bits per heavy atom. The fraction of sp³-hybridized carbons (Fsp3) is 0.167. The van der Waals surface area contributed by atoms with Crippen molar-refractivity contribution in [1.29, 1.82) is 0 Å². The maximum atomic E-state index is 13.0. The Morgan fingerprint density at radius 3 is 2.76 bits per heavy atom. The summed E-state index contributed by atoms with van der Waals surface area (Å²) >= 11 is 7.48. The summed E-state index contributed by atoms with van der Waals surface area (Å²) in [5.74, 6) is 0.281. The first kappa shape index (κ1) is 21.4. The molecule has 0 radical (unpaired) electrons. The van der Waals surface area contributed by atoms with Crippen molar-refractivity contribution in [1.82, 2.24) is 10.1 Å². The predicted octanol–water partition coefficient (Wildman–Crippen LogP) is 5.03. The highest BCUT2D eigenvalue weighted by Crippen LogP contribution is 2.28. The van der Waals surface area contributed by atoms with Gasteiger partial charge >= 0.3 is 0 Å². The molecule has 166 valence electrons. The van der Waals surface area contributed by atoms with Crippen molar-refractivity contribution in [2.45, 2.75) is 12.8 Å². The quantitative estimate of drug-likeness (QED) is 0.419. The van der Waals surface area contributed by atoms with Crippen LogP contribution in [0.5, 0.6) is 0 Å². The van der Waals surface area contributed by atoms with Gasteiger partial charge in [-0.25, -0.2) is 0 Å². The molecular formula is C24H19ClN4O3S. The van der Waals surface area contributed by atoms with Crippen molar-refractivity contribution in [2.75, 3.05) is 16.8 Å². The van der Waals surface area contributed by atoms with Crippen LogP contribution >= 0.6 is 22.9 Å². The number of aromatic nitrogens is 2. The highest BCUT2D eigenvalue weighted by Gasteiger charge is 2.35. The van der Waals surface area contributed by atoms with E-state index in [1.807, 2.05) is 41.8 Å². The second-order valence-corrected chi connectivity index (χ2v) is 9.08. The molecule has 0 spiro atoms. The standard InChI is InChI=1S/C24H19ClN4O3S/c25-17-7-9-18(10-8-17)29-14-16(13-22(29)30)24(31)26-19-5-2-1-4-15(19)12-21-27-23(28-32-21)20-6-3-11-33-20/h1-11,16H,12-14H2,(H,26,31). The molecule has 9 heteroatoms. The number of nitrogens with one attached hydrogen (secondary N) is 1. The van der Waals surface area contributed by atoms with Crippen LogP contribution in [0.15, 0.2) is 70.6 Å². The van der Waals surface area contributed by atoms with Crippen molar-refractivity contribution in [3.05, 3.63) is 82.5 Å². The number of benzene rings is 2. The minimum Gasteiger partial charge on any atom is -0.339 e. The summed E-state index contributed by atoms with van der Waals surface area (Å²) in [5, 5.41) is 9.58. The topological polar surface area (TPSA) is 88.3 Å². The van der Waals surface area contributed by atoms with Gasteiger partial charge in [-0.3, -0.25) is 9.59 Å². The number of anilines is 2. The van der Waals surface area contributed by atoms with E-state index in [0.29, 0.717) is 35.4 Å². The molecule has 1 atom stereocenters. The molecule has 1 unspecified atom stereocenters. The Balaban J connectivity index is 1.28. The monoisotopic (exact) mass is 478 g/mol. The van der Waals surface area contributed by atoms with Gasteiger partial charge < -0.3 is 14.7 Å². The lowest BCUT2D eigenvalue weighted by Gasteiger charge is -2.17. The molecule has 4 aromatic rings. The third-order valence-electron chi connectivity index (χ3n) is 5.46. The summed E-state index contributed by atoms with van der Waals surface area (Å²) in [6.45, 7) is 0.322. The van der Waals surface area contributed by atoms with Crippen LogP contribution in [0.25, 0.3) is 10.7 Å². The first-order chi connectivity index (χ1) is 16.1. The van der Waals surface area contributed by atoms with E-state index in [1.165, 1.54) is 0 Å². The molecule has 1 fully saturated rings. The number of amides is 2. The maximum absolute atomic E-state index is 13.0. The van der Waals surface area contributed by atoms with E-state index >= 15 is 0 Å². The van der Waals surface area contributed by atoms with Crippen molar-refractivity contribution < 1.29 is 14.1 Å². The van der Waals surface area contributed by atoms with E-state index in [1.54, 1.807) is 40.5 Å². The van der Waals surface area contributed by atoms with Crippen LogP contribution in [0.2, 0.25) is 5.02 Å². The van der Waals surface area contributed by atoms with Crippen molar-refractivity contribution >= 4 is 46.1 Å². The van der Waals surface area contributed by atoms with Gasteiger partial charge in [-0.2, -0.15) is 4.98 Å². The molecule has 3 heterocycles. The minimum atomic E-state index is -0.449. The molecule has 0 saturated carbocycles. The molecule has 2 amide bonds. The summed E-state index contributed by atoms with van der Waals surface area (Å²) in [5.41, 5.74) is 2.25. The Hall–Kier alpha value is -3.49. The molecule has 5 rings (SSSR count). The summed E-state index contributed by atoms with van der Waals surface area (Å²) in [6.07, 6.45) is 0.541.